The molecule has 0 saturated carbocycles. The number of nitrogens with zero attached hydrogens (tertiary/aromatic N) is 2. The van der Waals surface area contributed by atoms with Crippen molar-refractivity contribution in [3.8, 4) is 11.1 Å². The number of anilines is 1. The molecule has 0 aliphatic carbocycles. The molecule has 1 aliphatic heterocycles. The number of ether oxygens (including phenoxy) is 1. The van der Waals surface area contributed by atoms with Crippen LogP contribution in [0.5, 0.6) is 0 Å². The molecule has 1 aliphatic rings. The van der Waals surface area contributed by atoms with Crippen LogP contribution in [0.25, 0.3) is 22.0 Å². The lowest BCUT2D eigenvalue weighted by atomic mass is 9.98. The van der Waals surface area contributed by atoms with Crippen LogP contribution in [-0.2, 0) is 4.74 Å². The van der Waals surface area contributed by atoms with E-state index in [-0.39, 0.29) is 11.9 Å². The first-order valence-corrected chi connectivity index (χ1v) is 9.94. The van der Waals surface area contributed by atoms with Gasteiger partial charge in [-0.05, 0) is 37.6 Å². The topological polar surface area (TPSA) is 42.4 Å². The molecule has 2 heterocycles. The Balaban J connectivity index is 1.99. The lowest BCUT2D eigenvalue weighted by molar-refractivity contribution is 0.0957. The zero-order valence-corrected chi connectivity index (χ0v) is 17.4. The molecular weight excluding hydrogens is 395 g/mol. The molecule has 0 radical (unpaired) electrons. The van der Waals surface area contributed by atoms with E-state index >= 15 is 0 Å². The molecule has 0 N–H and O–H groups in total. The molecule has 1 unspecified atom stereocenters. The number of halogens is 2. The first-order valence-electron chi connectivity index (χ1n) is 9.18. The molecule has 1 amide bonds. The fraction of sp³-hybridized carbons (Fsp3) is 0.273. The number of methoxy groups -OCH3 is 1. The van der Waals surface area contributed by atoms with Gasteiger partial charge in [-0.25, -0.2) is 0 Å². The van der Waals surface area contributed by atoms with Crippen LogP contribution in [0.1, 0.15) is 29.4 Å². The van der Waals surface area contributed by atoms with Crippen LogP contribution >= 0.6 is 23.2 Å². The Morgan fingerprint density at radius 2 is 1.82 bits per heavy atom. The highest BCUT2D eigenvalue weighted by Crippen LogP contribution is 2.43. The highest BCUT2D eigenvalue weighted by atomic mass is 35.5. The van der Waals surface area contributed by atoms with Crippen LogP contribution in [0.3, 0.4) is 0 Å². The second kappa shape index (κ2) is 7.36. The molecular formula is C22H20Cl2N2O2. The Hall–Kier alpha value is -2.14. The van der Waals surface area contributed by atoms with Gasteiger partial charge in [-0.1, -0.05) is 42.3 Å². The number of hydrogen-bond acceptors (Lipinski definition) is 3. The summed E-state index contributed by atoms with van der Waals surface area (Å²) in [5, 5.41) is 2.00. The van der Waals surface area contributed by atoms with Gasteiger partial charge in [0.2, 0.25) is 0 Å². The average molecular weight is 415 g/mol. The molecule has 3 aromatic rings. The van der Waals surface area contributed by atoms with Crippen molar-refractivity contribution in [2.24, 2.45) is 0 Å². The molecule has 144 valence electrons. The van der Waals surface area contributed by atoms with Gasteiger partial charge in [-0.15, -0.1) is 0 Å². The highest BCUT2D eigenvalue weighted by Gasteiger charge is 2.35. The summed E-state index contributed by atoms with van der Waals surface area (Å²) < 4.78 is 5.36. The normalized spacial score (nSPS) is 14.2. The van der Waals surface area contributed by atoms with Crippen LogP contribution in [0, 0.1) is 6.92 Å². The highest BCUT2D eigenvalue weighted by molar-refractivity contribution is 6.37. The Bertz CT molecular complexity index is 1100. The monoisotopic (exact) mass is 414 g/mol. The van der Waals surface area contributed by atoms with Gasteiger partial charge in [0.1, 0.15) is 0 Å². The molecule has 0 saturated heterocycles. The molecule has 0 bridgehead atoms. The molecule has 1 aromatic heterocycles. The van der Waals surface area contributed by atoms with Gasteiger partial charge in [0.25, 0.3) is 5.91 Å². The van der Waals surface area contributed by atoms with Crippen LogP contribution in [0.2, 0.25) is 10.0 Å². The predicted octanol–water partition coefficient (Wildman–Crippen LogP) is 5.90. The van der Waals surface area contributed by atoms with E-state index in [0.29, 0.717) is 22.2 Å². The molecule has 28 heavy (non-hydrogen) atoms. The number of benzene rings is 2. The molecule has 2 aromatic carbocycles. The van der Waals surface area contributed by atoms with Gasteiger partial charge < -0.3 is 9.64 Å². The summed E-state index contributed by atoms with van der Waals surface area (Å²) in [6, 6.07) is 11.1. The van der Waals surface area contributed by atoms with E-state index < -0.39 is 0 Å². The van der Waals surface area contributed by atoms with Crippen molar-refractivity contribution >= 4 is 45.7 Å². The number of carbonyl (C=O) groups excluding carboxylic acids is 1. The minimum atomic E-state index is -0.0301. The summed E-state index contributed by atoms with van der Waals surface area (Å²) >= 11 is 12.5. The van der Waals surface area contributed by atoms with E-state index in [1.165, 1.54) is 0 Å². The first kappa shape index (κ1) is 19.2. The SMILES string of the molecule is CCC(COC)N1C(=O)c2ccc(-c3ccc(Cl)cc3Cl)c3nc(C)cc1c23. The van der Waals surface area contributed by atoms with Crippen molar-refractivity contribution in [2.45, 2.75) is 26.3 Å². The summed E-state index contributed by atoms with van der Waals surface area (Å²) in [4.78, 5) is 19.8. The maximum atomic E-state index is 13.2. The smallest absolute Gasteiger partial charge is 0.259 e. The van der Waals surface area contributed by atoms with Crippen LogP contribution in [0.4, 0.5) is 5.69 Å². The third-order valence-electron chi connectivity index (χ3n) is 5.19. The predicted molar refractivity (Wildman–Crippen MR) is 115 cm³/mol. The maximum absolute atomic E-state index is 13.2. The van der Waals surface area contributed by atoms with E-state index in [9.17, 15) is 4.79 Å². The lowest BCUT2D eigenvalue weighted by Crippen LogP contribution is -2.40. The van der Waals surface area contributed by atoms with Gasteiger partial charge in [0.05, 0.1) is 29.4 Å². The fourth-order valence-corrected chi connectivity index (χ4v) is 4.42. The van der Waals surface area contributed by atoms with Crippen molar-refractivity contribution in [1.82, 2.24) is 4.98 Å². The second-order valence-electron chi connectivity index (χ2n) is 6.98. The number of aryl methyl sites for hydroxylation is 1. The molecule has 6 heteroatoms. The third-order valence-corrected chi connectivity index (χ3v) is 5.74. The van der Waals surface area contributed by atoms with E-state index in [4.69, 9.17) is 32.9 Å². The molecule has 4 nitrogen and oxygen atoms in total. The molecule has 0 fully saturated rings. The number of hydrogen-bond donors (Lipinski definition) is 0. The Kier molecular flexibility index (Phi) is 5.04. The standard InChI is InChI=1S/C22H20Cl2N2O2/c1-4-14(11-28-3)26-19-9-12(2)25-21-16(7-8-17(20(19)21)22(26)27)15-6-5-13(23)10-18(15)24/h5-10,14H,4,11H2,1-3H3. The van der Waals surface area contributed by atoms with Crippen molar-refractivity contribution in [2.75, 3.05) is 18.6 Å². The van der Waals surface area contributed by atoms with Crippen molar-refractivity contribution < 1.29 is 9.53 Å². The zero-order valence-electron chi connectivity index (χ0n) is 15.9. The van der Waals surface area contributed by atoms with Gasteiger partial charge in [0, 0.05) is 39.4 Å². The summed E-state index contributed by atoms with van der Waals surface area (Å²) in [6.45, 7) is 4.48. The quantitative estimate of drug-likeness (QED) is 0.521. The van der Waals surface area contributed by atoms with Crippen molar-refractivity contribution in [3.05, 3.63) is 57.7 Å². The summed E-state index contributed by atoms with van der Waals surface area (Å²) in [5.41, 5.74) is 4.91. The van der Waals surface area contributed by atoms with Gasteiger partial charge >= 0.3 is 0 Å². The Morgan fingerprint density at radius 1 is 1.11 bits per heavy atom. The van der Waals surface area contributed by atoms with E-state index in [0.717, 1.165) is 39.8 Å². The molecule has 4 rings (SSSR count). The summed E-state index contributed by atoms with van der Waals surface area (Å²) in [5.74, 6) is -0.00921. The van der Waals surface area contributed by atoms with E-state index in [1.54, 1.807) is 13.2 Å². The summed E-state index contributed by atoms with van der Waals surface area (Å²) in [6.07, 6.45) is 0.798. The molecule has 0 spiro atoms. The average Bonchev–Trinajstić information content (AvgIpc) is 2.93. The molecule has 1 atom stereocenters. The fourth-order valence-electron chi connectivity index (χ4n) is 3.91. The number of rotatable bonds is 5. The number of carbonyl (C=O) groups is 1. The lowest BCUT2D eigenvalue weighted by Gasteiger charge is -2.27. The largest absolute Gasteiger partial charge is 0.383 e. The maximum Gasteiger partial charge on any atom is 0.259 e. The minimum absolute atomic E-state index is 0.00921. The Labute approximate surface area is 174 Å². The number of pyridine rings is 1. The van der Waals surface area contributed by atoms with Gasteiger partial charge in [-0.3, -0.25) is 9.78 Å². The van der Waals surface area contributed by atoms with Gasteiger partial charge in [0.15, 0.2) is 0 Å². The van der Waals surface area contributed by atoms with Crippen LogP contribution < -0.4 is 4.90 Å². The second-order valence-corrected chi connectivity index (χ2v) is 7.83. The zero-order chi connectivity index (χ0) is 20.0. The van der Waals surface area contributed by atoms with Crippen molar-refractivity contribution in [1.29, 1.82) is 0 Å². The number of amides is 1. The number of aromatic nitrogens is 1. The third kappa shape index (κ3) is 2.96. The van der Waals surface area contributed by atoms with Crippen molar-refractivity contribution in [3.63, 3.8) is 0 Å². The van der Waals surface area contributed by atoms with E-state index in [1.807, 2.05) is 42.2 Å². The minimum Gasteiger partial charge on any atom is -0.383 e. The van der Waals surface area contributed by atoms with E-state index in [2.05, 4.69) is 6.92 Å². The Morgan fingerprint density at radius 3 is 2.50 bits per heavy atom. The summed E-state index contributed by atoms with van der Waals surface area (Å²) in [7, 11) is 1.66. The first-order chi connectivity index (χ1) is 13.5. The van der Waals surface area contributed by atoms with Gasteiger partial charge in [-0.2, -0.15) is 0 Å². The van der Waals surface area contributed by atoms with Crippen LogP contribution in [0.15, 0.2) is 36.4 Å². The van der Waals surface area contributed by atoms with Crippen LogP contribution in [-0.4, -0.2) is 30.6 Å².